The Morgan fingerprint density at radius 1 is 1.39 bits per heavy atom. The van der Waals surface area contributed by atoms with Crippen molar-refractivity contribution >= 4 is 39.4 Å². The molecular weight excluding hydrogens is 318 g/mol. The zero-order valence-electron chi connectivity index (χ0n) is 12.4. The molecular formula is C15H13N3O4S. The van der Waals surface area contributed by atoms with Crippen molar-refractivity contribution < 1.29 is 18.7 Å². The first-order chi connectivity index (χ1) is 11.0. The van der Waals surface area contributed by atoms with Crippen molar-refractivity contribution in [1.29, 1.82) is 0 Å². The van der Waals surface area contributed by atoms with E-state index in [1.165, 1.54) is 24.7 Å². The minimum Gasteiger partial charge on any atom is -0.449 e. The Morgan fingerprint density at radius 3 is 2.96 bits per heavy atom. The van der Waals surface area contributed by atoms with Gasteiger partial charge in [0.25, 0.3) is 5.91 Å². The highest BCUT2D eigenvalue weighted by Gasteiger charge is 2.22. The van der Waals surface area contributed by atoms with Crippen LogP contribution in [0.5, 0.6) is 0 Å². The minimum atomic E-state index is -0.964. The second-order valence-electron chi connectivity index (χ2n) is 4.84. The first-order valence-corrected chi connectivity index (χ1v) is 7.69. The third-order valence-electron chi connectivity index (χ3n) is 3.08. The van der Waals surface area contributed by atoms with E-state index in [2.05, 4.69) is 15.3 Å². The summed E-state index contributed by atoms with van der Waals surface area (Å²) in [5.41, 5.74) is 1.95. The summed E-state index contributed by atoms with van der Waals surface area (Å²) in [5, 5.41) is 4.89. The molecule has 1 aromatic carbocycles. The Hall–Kier alpha value is -2.74. The molecule has 3 rings (SSSR count). The van der Waals surface area contributed by atoms with Gasteiger partial charge in [-0.25, -0.2) is 14.8 Å². The monoisotopic (exact) mass is 331 g/mol. The fraction of sp³-hybridized carbons (Fsp3) is 0.200. The number of fused-ring (bicyclic) bond motifs is 1. The van der Waals surface area contributed by atoms with Gasteiger partial charge in [0, 0.05) is 5.38 Å². The average Bonchev–Trinajstić information content (AvgIpc) is 3.15. The molecule has 0 bridgehead atoms. The number of thiazole rings is 1. The lowest BCUT2D eigenvalue weighted by Gasteiger charge is -2.12. The Bertz CT molecular complexity index is 870. The average molecular weight is 331 g/mol. The van der Waals surface area contributed by atoms with Crippen LogP contribution in [-0.4, -0.2) is 27.9 Å². The fourth-order valence-corrected chi connectivity index (χ4v) is 2.64. The predicted octanol–water partition coefficient (Wildman–Crippen LogP) is 2.78. The highest BCUT2D eigenvalue weighted by molar-refractivity contribution is 7.13. The van der Waals surface area contributed by atoms with Gasteiger partial charge in [-0.15, -0.1) is 11.3 Å². The summed E-state index contributed by atoms with van der Waals surface area (Å²) in [4.78, 5) is 32.4. The maximum absolute atomic E-state index is 12.2. The van der Waals surface area contributed by atoms with Crippen LogP contribution >= 0.6 is 11.3 Å². The van der Waals surface area contributed by atoms with Crippen molar-refractivity contribution in [1.82, 2.24) is 9.97 Å². The van der Waals surface area contributed by atoms with Crippen molar-refractivity contribution in [2.24, 2.45) is 0 Å². The second kappa shape index (κ2) is 6.17. The first-order valence-electron chi connectivity index (χ1n) is 6.81. The Labute approximate surface area is 135 Å². The number of amides is 1. The van der Waals surface area contributed by atoms with Crippen molar-refractivity contribution in [2.45, 2.75) is 20.0 Å². The van der Waals surface area contributed by atoms with E-state index in [9.17, 15) is 9.59 Å². The summed E-state index contributed by atoms with van der Waals surface area (Å²) in [6.07, 6.45) is 0.288. The maximum Gasteiger partial charge on any atom is 0.341 e. The number of carbonyl (C=O) groups excluding carboxylic acids is 2. The van der Waals surface area contributed by atoms with Crippen LogP contribution in [0.4, 0.5) is 5.13 Å². The third kappa shape index (κ3) is 3.21. The lowest BCUT2D eigenvalue weighted by molar-refractivity contribution is -0.123. The number of hydrogen-bond acceptors (Lipinski definition) is 7. The molecule has 1 unspecified atom stereocenters. The number of rotatable bonds is 4. The molecule has 118 valence electrons. The van der Waals surface area contributed by atoms with Gasteiger partial charge in [-0.3, -0.25) is 10.1 Å². The van der Waals surface area contributed by atoms with Gasteiger partial charge in [0.1, 0.15) is 5.52 Å². The number of para-hydroxylation sites is 1. The van der Waals surface area contributed by atoms with E-state index in [1.54, 1.807) is 18.2 Å². The normalized spacial score (nSPS) is 12.1. The number of anilines is 1. The van der Waals surface area contributed by atoms with E-state index in [4.69, 9.17) is 9.15 Å². The summed E-state index contributed by atoms with van der Waals surface area (Å²) in [6.45, 7) is 3.32. The van der Waals surface area contributed by atoms with E-state index >= 15 is 0 Å². The zero-order valence-corrected chi connectivity index (χ0v) is 13.2. The lowest BCUT2D eigenvalue weighted by atomic mass is 10.2. The Morgan fingerprint density at radius 2 is 2.22 bits per heavy atom. The molecule has 0 saturated carbocycles. The highest BCUT2D eigenvalue weighted by atomic mass is 32.1. The first kappa shape index (κ1) is 15.2. The highest BCUT2D eigenvalue weighted by Crippen LogP contribution is 2.19. The quantitative estimate of drug-likeness (QED) is 0.739. The SMILES string of the molecule is Cc1csc(NC(=O)C(C)OC(=O)c2cccc3ocnc23)n1. The number of nitrogens with zero attached hydrogens (tertiary/aromatic N) is 2. The zero-order chi connectivity index (χ0) is 16.4. The van der Waals surface area contributed by atoms with Crippen LogP contribution in [0.15, 0.2) is 34.4 Å². The van der Waals surface area contributed by atoms with Crippen LogP contribution in [-0.2, 0) is 9.53 Å². The number of ether oxygens (including phenoxy) is 1. The number of aromatic nitrogens is 2. The molecule has 0 fully saturated rings. The standard InChI is InChI=1S/C15H13N3O4S/c1-8-6-23-15(17-8)18-13(19)9(2)22-14(20)10-4-3-5-11-12(10)16-7-21-11/h3-7,9H,1-2H3,(H,17,18,19). The molecule has 0 aliphatic heterocycles. The molecule has 0 aliphatic rings. The number of carbonyl (C=O) groups is 2. The van der Waals surface area contributed by atoms with E-state index in [0.717, 1.165) is 5.69 Å². The molecule has 0 spiro atoms. The Kier molecular flexibility index (Phi) is 4.07. The number of nitrogens with one attached hydrogen (secondary N) is 1. The topological polar surface area (TPSA) is 94.3 Å². The van der Waals surface area contributed by atoms with Crippen LogP contribution in [0.3, 0.4) is 0 Å². The molecule has 1 atom stereocenters. The number of oxazole rings is 1. The van der Waals surface area contributed by atoms with Gasteiger partial charge in [0.2, 0.25) is 0 Å². The van der Waals surface area contributed by atoms with Crippen LogP contribution in [0.1, 0.15) is 23.0 Å². The molecule has 2 heterocycles. The van der Waals surface area contributed by atoms with Gasteiger partial charge < -0.3 is 9.15 Å². The van der Waals surface area contributed by atoms with Gasteiger partial charge >= 0.3 is 5.97 Å². The number of esters is 1. The number of aryl methyl sites for hydroxylation is 1. The van der Waals surface area contributed by atoms with E-state index in [-0.39, 0.29) is 5.56 Å². The van der Waals surface area contributed by atoms with Crippen molar-refractivity contribution in [3.63, 3.8) is 0 Å². The third-order valence-corrected chi connectivity index (χ3v) is 3.96. The molecule has 1 N–H and O–H groups in total. The van der Waals surface area contributed by atoms with Gasteiger partial charge in [-0.1, -0.05) is 6.07 Å². The van der Waals surface area contributed by atoms with Gasteiger partial charge in [-0.2, -0.15) is 0 Å². The van der Waals surface area contributed by atoms with E-state index < -0.39 is 18.0 Å². The fourth-order valence-electron chi connectivity index (χ4n) is 1.95. The van der Waals surface area contributed by atoms with Gasteiger partial charge in [0.15, 0.2) is 23.2 Å². The summed E-state index contributed by atoms with van der Waals surface area (Å²) in [5.74, 6) is -1.08. The number of benzene rings is 1. The minimum absolute atomic E-state index is 0.251. The summed E-state index contributed by atoms with van der Waals surface area (Å²) < 4.78 is 10.3. The molecule has 2 aromatic heterocycles. The maximum atomic E-state index is 12.2. The smallest absolute Gasteiger partial charge is 0.341 e. The summed E-state index contributed by atoms with van der Waals surface area (Å²) >= 11 is 1.31. The van der Waals surface area contributed by atoms with Crippen LogP contribution in [0, 0.1) is 6.92 Å². The molecule has 3 aromatic rings. The largest absolute Gasteiger partial charge is 0.449 e. The molecule has 0 aliphatic carbocycles. The predicted molar refractivity (Wildman–Crippen MR) is 84.4 cm³/mol. The molecule has 23 heavy (non-hydrogen) atoms. The van der Waals surface area contributed by atoms with Crippen LogP contribution in [0.2, 0.25) is 0 Å². The molecule has 8 heteroatoms. The van der Waals surface area contributed by atoms with Gasteiger partial charge in [0.05, 0.1) is 11.3 Å². The van der Waals surface area contributed by atoms with Crippen LogP contribution < -0.4 is 5.32 Å². The summed E-state index contributed by atoms with van der Waals surface area (Å²) in [7, 11) is 0. The Balaban J connectivity index is 1.69. The lowest BCUT2D eigenvalue weighted by Crippen LogP contribution is -2.30. The van der Waals surface area contributed by atoms with Crippen molar-refractivity contribution in [2.75, 3.05) is 5.32 Å². The van der Waals surface area contributed by atoms with Crippen LogP contribution in [0.25, 0.3) is 11.1 Å². The second-order valence-corrected chi connectivity index (χ2v) is 5.69. The molecule has 7 nitrogen and oxygen atoms in total. The van der Waals surface area contributed by atoms with E-state index in [0.29, 0.717) is 16.2 Å². The summed E-state index contributed by atoms with van der Waals surface area (Å²) in [6, 6.07) is 4.93. The molecule has 0 radical (unpaired) electrons. The van der Waals surface area contributed by atoms with Crippen molar-refractivity contribution in [3.05, 3.63) is 41.2 Å². The molecule has 0 saturated heterocycles. The van der Waals surface area contributed by atoms with Gasteiger partial charge in [-0.05, 0) is 26.0 Å². The van der Waals surface area contributed by atoms with Crippen molar-refractivity contribution in [3.8, 4) is 0 Å². The number of hydrogen-bond donors (Lipinski definition) is 1. The molecule has 1 amide bonds. The van der Waals surface area contributed by atoms with E-state index in [1.807, 2.05) is 12.3 Å².